The number of hydrogen-bond donors (Lipinski definition) is 1. The van der Waals surface area contributed by atoms with Gasteiger partial charge >= 0.3 is 12.1 Å². The van der Waals surface area contributed by atoms with Gasteiger partial charge in [0.2, 0.25) is 5.95 Å². The van der Waals surface area contributed by atoms with Gasteiger partial charge in [0, 0.05) is 30.5 Å². The minimum atomic E-state index is -5.08. The maximum absolute atomic E-state index is 13.5. The van der Waals surface area contributed by atoms with Crippen molar-refractivity contribution in [2.45, 2.75) is 38.4 Å². The summed E-state index contributed by atoms with van der Waals surface area (Å²) < 4.78 is 36.3. The molecular formula is C31H32ClF3N6O3S. The molecule has 1 saturated heterocycles. The largest absolute Gasteiger partial charge is 0.490 e. The van der Waals surface area contributed by atoms with Gasteiger partial charge in [-0.05, 0) is 80.9 Å². The van der Waals surface area contributed by atoms with E-state index in [9.17, 15) is 18.0 Å². The lowest BCUT2D eigenvalue weighted by atomic mass is 10.1. The van der Waals surface area contributed by atoms with Crippen molar-refractivity contribution in [3.63, 3.8) is 0 Å². The number of rotatable bonds is 7. The van der Waals surface area contributed by atoms with E-state index in [1.165, 1.54) is 43.7 Å². The molecule has 5 aromatic rings. The van der Waals surface area contributed by atoms with Crippen molar-refractivity contribution in [2.75, 3.05) is 38.6 Å². The number of fused-ring (bicyclic) bond motifs is 2. The van der Waals surface area contributed by atoms with Crippen molar-refractivity contribution in [3.05, 3.63) is 70.2 Å². The molecule has 3 aromatic heterocycles. The van der Waals surface area contributed by atoms with Crippen molar-refractivity contribution in [1.29, 1.82) is 0 Å². The van der Waals surface area contributed by atoms with Gasteiger partial charge in [-0.1, -0.05) is 30.2 Å². The first-order valence-electron chi connectivity index (χ1n) is 14.4. The molecule has 0 unspecified atom stereocenters. The summed E-state index contributed by atoms with van der Waals surface area (Å²) in [5.41, 5.74) is 4.38. The number of alkyl halides is 3. The molecule has 9 nitrogen and oxygen atoms in total. The highest BCUT2D eigenvalue weighted by Gasteiger charge is 2.38. The maximum atomic E-state index is 13.5. The fourth-order valence-electron chi connectivity index (χ4n) is 5.31. The van der Waals surface area contributed by atoms with E-state index in [0.29, 0.717) is 15.2 Å². The van der Waals surface area contributed by atoms with Crippen LogP contribution in [0.4, 0.5) is 19.1 Å². The Bertz CT molecular complexity index is 1860. The average Bonchev–Trinajstić information content (AvgIpc) is 3.61. The third-order valence-electron chi connectivity index (χ3n) is 7.50. The van der Waals surface area contributed by atoms with E-state index in [2.05, 4.69) is 25.4 Å². The highest BCUT2D eigenvalue weighted by Crippen LogP contribution is 2.32. The molecule has 6 rings (SSSR count). The summed E-state index contributed by atoms with van der Waals surface area (Å²) in [4.78, 5) is 37.6. The van der Waals surface area contributed by atoms with Gasteiger partial charge in [0.15, 0.2) is 0 Å². The summed E-state index contributed by atoms with van der Waals surface area (Å²) >= 11 is 7.50. The number of halogens is 4. The van der Waals surface area contributed by atoms with Gasteiger partial charge in [0.05, 0.1) is 22.2 Å². The first-order valence-corrected chi connectivity index (χ1v) is 15.6. The second-order valence-electron chi connectivity index (χ2n) is 10.9. The fourth-order valence-corrected chi connectivity index (χ4v) is 6.48. The highest BCUT2D eigenvalue weighted by atomic mass is 35.5. The fraction of sp³-hybridized carbons (Fsp3) is 0.355. The van der Waals surface area contributed by atoms with Crippen molar-refractivity contribution in [3.8, 4) is 16.1 Å². The average molecular weight is 661 g/mol. The molecule has 14 heteroatoms. The highest BCUT2D eigenvalue weighted by molar-refractivity contribution is 7.22. The van der Waals surface area contributed by atoms with Crippen molar-refractivity contribution in [2.24, 2.45) is 0 Å². The van der Waals surface area contributed by atoms with Crippen LogP contribution in [0.3, 0.4) is 0 Å². The van der Waals surface area contributed by atoms with Gasteiger partial charge in [-0.3, -0.25) is 9.36 Å². The summed E-state index contributed by atoms with van der Waals surface area (Å²) in [5, 5.41) is 7.81. The van der Waals surface area contributed by atoms with Gasteiger partial charge in [-0.25, -0.2) is 14.8 Å². The number of imidazole rings is 1. The third kappa shape index (κ3) is 7.48. The zero-order valence-corrected chi connectivity index (χ0v) is 26.3. The topological polar surface area (TPSA) is 96.5 Å². The van der Waals surface area contributed by atoms with Crippen molar-refractivity contribution >= 4 is 56.1 Å². The molecule has 0 atom stereocenters. The van der Waals surface area contributed by atoms with Gasteiger partial charge < -0.3 is 19.5 Å². The molecule has 4 heterocycles. The number of piperidine rings is 1. The molecule has 0 bridgehead atoms. The van der Waals surface area contributed by atoms with Gasteiger partial charge in [-0.2, -0.15) is 13.2 Å². The van der Waals surface area contributed by atoms with Gasteiger partial charge in [0.25, 0.3) is 5.56 Å². The lowest BCUT2D eigenvalue weighted by Gasteiger charge is -2.26. The van der Waals surface area contributed by atoms with Crippen LogP contribution >= 0.6 is 22.9 Å². The van der Waals surface area contributed by atoms with E-state index < -0.39 is 12.1 Å². The Balaban J connectivity index is 0.000000515. The number of aliphatic carboxylic acids is 1. The van der Waals surface area contributed by atoms with E-state index in [-0.39, 0.29) is 5.56 Å². The Morgan fingerprint density at radius 3 is 2.36 bits per heavy atom. The molecule has 1 aliphatic rings. The Kier molecular flexibility index (Phi) is 9.80. The van der Waals surface area contributed by atoms with E-state index in [0.717, 1.165) is 52.6 Å². The summed E-state index contributed by atoms with van der Waals surface area (Å²) in [6.07, 6.45) is 1.60. The SMILES string of the molecule is CN(C)c1nc2cc(-n3cnc4cc(-c5ccc(Cl)cc5)sc4c3=O)ccc2n1CCCN1CCCCC1.O=C(O)C(F)(F)F. The van der Waals surface area contributed by atoms with Crippen LogP contribution in [-0.4, -0.2) is 75.0 Å². The maximum Gasteiger partial charge on any atom is 0.490 e. The predicted octanol–water partition coefficient (Wildman–Crippen LogP) is 6.69. The van der Waals surface area contributed by atoms with Crippen LogP contribution in [0.15, 0.2) is 59.7 Å². The zero-order chi connectivity index (χ0) is 32.3. The molecule has 45 heavy (non-hydrogen) atoms. The number of carboxylic acids is 1. The number of anilines is 1. The smallest absolute Gasteiger partial charge is 0.475 e. The number of carbonyl (C=O) groups is 1. The molecule has 2 aromatic carbocycles. The summed E-state index contributed by atoms with van der Waals surface area (Å²) in [6, 6.07) is 15.7. The molecule has 0 amide bonds. The van der Waals surface area contributed by atoms with E-state index in [1.54, 1.807) is 10.9 Å². The van der Waals surface area contributed by atoms with Crippen molar-refractivity contribution < 1.29 is 23.1 Å². The first kappa shape index (κ1) is 32.5. The molecule has 0 saturated carbocycles. The third-order valence-corrected chi connectivity index (χ3v) is 8.92. The number of hydrogen-bond acceptors (Lipinski definition) is 7. The summed E-state index contributed by atoms with van der Waals surface area (Å²) in [6.45, 7) is 4.46. The molecule has 0 aliphatic carbocycles. The number of aromatic nitrogens is 4. The Labute approximate surface area is 266 Å². The number of benzene rings is 2. The van der Waals surface area contributed by atoms with Crippen LogP contribution in [0.2, 0.25) is 5.02 Å². The van der Waals surface area contributed by atoms with Crippen LogP contribution in [0.1, 0.15) is 25.7 Å². The summed E-state index contributed by atoms with van der Waals surface area (Å²) in [5.74, 6) is -1.82. The number of aryl methyl sites for hydroxylation is 1. The number of likely N-dealkylation sites (tertiary alicyclic amines) is 1. The van der Waals surface area contributed by atoms with Crippen LogP contribution < -0.4 is 10.5 Å². The molecule has 1 N–H and O–H groups in total. The Morgan fingerprint density at radius 1 is 1.02 bits per heavy atom. The lowest BCUT2D eigenvalue weighted by Crippen LogP contribution is -2.31. The zero-order valence-electron chi connectivity index (χ0n) is 24.7. The molecule has 238 valence electrons. The molecule has 0 radical (unpaired) electrons. The van der Waals surface area contributed by atoms with Gasteiger partial charge in [-0.15, -0.1) is 11.3 Å². The second-order valence-corrected chi connectivity index (χ2v) is 12.4. The monoisotopic (exact) mass is 660 g/mol. The minimum Gasteiger partial charge on any atom is -0.475 e. The van der Waals surface area contributed by atoms with Gasteiger partial charge in [0.1, 0.15) is 11.0 Å². The lowest BCUT2D eigenvalue weighted by molar-refractivity contribution is -0.192. The molecular weight excluding hydrogens is 629 g/mol. The molecule has 1 fully saturated rings. The quantitative estimate of drug-likeness (QED) is 0.208. The van der Waals surface area contributed by atoms with E-state index in [1.807, 2.05) is 56.6 Å². The van der Waals surface area contributed by atoms with Crippen molar-refractivity contribution in [1.82, 2.24) is 24.0 Å². The van der Waals surface area contributed by atoms with Crippen LogP contribution in [-0.2, 0) is 11.3 Å². The first-order chi connectivity index (χ1) is 21.4. The predicted molar refractivity (Wildman–Crippen MR) is 172 cm³/mol. The van der Waals surface area contributed by atoms with E-state index in [4.69, 9.17) is 26.5 Å². The number of thiophene rings is 1. The summed E-state index contributed by atoms with van der Waals surface area (Å²) in [7, 11) is 4.06. The minimum absolute atomic E-state index is 0.0756. The second kappa shape index (κ2) is 13.6. The molecule has 0 spiro atoms. The van der Waals surface area contributed by atoms with E-state index >= 15 is 0 Å². The molecule has 1 aliphatic heterocycles. The van der Waals surface area contributed by atoms with Crippen LogP contribution in [0.5, 0.6) is 0 Å². The normalized spacial score (nSPS) is 14.0. The van der Waals surface area contributed by atoms with Crippen LogP contribution in [0, 0.1) is 0 Å². The Morgan fingerprint density at radius 2 is 1.71 bits per heavy atom. The standard InChI is InChI=1S/C29H31ClN6OS.C2HF3O2/c1-33(2)29-32-23-17-22(11-12-25(23)35(29)16-6-15-34-13-4-3-5-14-34)36-19-31-24-18-26(38-27(24)28(36)37)20-7-9-21(30)10-8-20;3-2(4,5)1(6)7/h7-12,17-19H,3-6,13-16H2,1-2H3;(H,6,7). The number of nitrogens with zero attached hydrogens (tertiary/aromatic N) is 6. The van der Waals surface area contributed by atoms with Crippen LogP contribution in [0.25, 0.3) is 37.4 Å². The Hall–Kier alpha value is -3.94. The number of carboxylic acid groups (broad SMARTS) is 1.